The number of nitrogens with zero attached hydrogens (tertiary/aromatic N) is 2. The molecular formula is C9H13N3. The minimum atomic E-state index is 0.707. The Morgan fingerprint density at radius 2 is 2.17 bits per heavy atom. The minimum absolute atomic E-state index is 0.707. The molecule has 1 aliphatic rings. The van der Waals surface area contributed by atoms with Crippen molar-refractivity contribution in [2.75, 3.05) is 12.4 Å². The second-order valence-corrected chi connectivity index (χ2v) is 3.25. The molecule has 0 aliphatic heterocycles. The lowest BCUT2D eigenvalue weighted by Gasteiger charge is -2.03. The van der Waals surface area contributed by atoms with Crippen LogP contribution in [0.3, 0.4) is 0 Å². The first kappa shape index (κ1) is 7.53. The summed E-state index contributed by atoms with van der Waals surface area (Å²) in [7, 11) is 1.89. The summed E-state index contributed by atoms with van der Waals surface area (Å²) < 4.78 is 0. The van der Waals surface area contributed by atoms with Gasteiger partial charge in [-0.25, -0.2) is 9.97 Å². The first-order chi connectivity index (χ1) is 5.79. The zero-order chi connectivity index (χ0) is 8.55. The summed E-state index contributed by atoms with van der Waals surface area (Å²) in [6, 6.07) is 2.05. The zero-order valence-corrected chi connectivity index (χ0v) is 7.46. The van der Waals surface area contributed by atoms with Crippen LogP contribution >= 0.6 is 0 Å². The van der Waals surface area contributed by atoms with Crippen LogP contribution in [0.2, 0.25) is 0 Å². The Hall–Kier alpha value is -1.12. The first-order valence-corrected chi connectivity index (χ1v) is 4.33. The van der Waals surface area contributed by atoms with Crippen molar-refractivity contribution >= 4 is 5.82 Å². The van der Waals surface area contributed by atoms with Crippen molar-refractivity contribution in [3.05, 3.63) is 17.6 Å². The summed E-state index contributed by atoms with van der Waals surface area (Å²) in [6.45, 7) is 1.94. The molecule has 0 saturated heterocycles. The summed E-state index contributed by atoms with van der Waals surface area (Å²) in [5.41, 5.74) is 1.20. The summed E-state index contributed by atoms with van der Waals surface area (Å²) in [5.74, 6) is 2.51. The van der Waals surface area contributed by atoms with Crippen molar-refractivity contribution in [1.29, 1.82) is 0 Å². The van der Waals surface area contributed by atoms with Crippen molar-refractivity contribution < 1.29 is 0 Å². The lowest BCUT2D eigenvalue weighted by atomic mass is 10.3. The van der Waals surface area contributed by atoms with Gasteiger partial charge in [0.1, 0.15) is 11.6 Å². The molecule has 0 atom stereocenters. The van der Waals surface area contributed by atoms with Gasteiger partial charge in [-0.1, -0.05) is 0 Å². The molecule has 1 saturated carbocycles. The van der Waals surface area contributed by atoms with Crippen LogP contribution in [0.15, 0.2) is 6.07 Å². The van der Waals surface area contributed by atoms with Crippen molar-refractivity contribution in [3.63, 3.8) is 0 Å². The molecule has 1 N–H and O–H groups in total. The van der Waals surface area contributed by atoms with Crippen LogP contribution in [0.5, 0.6) is 0 Å². The number of aromatic nitrogens is 2. The summed E-state index contributed by atoms with van der Waals surface area (Å²) in [4.78, 5) is 8.63. The normalized spacial score (nSPS) is 16.2. The van der Waals surface area contributed by atoms with Gasteiger partial charge in [0.05, 0.1) is 0 Å². The van der Waals surface area contributed by atoms with Crippen LogP contribution in [0.25, 0.3) is 0 Å². The van der Waals surface area contributed by atoms with E-state index in [4.69, 9.17) is 0 Å². The van der Waals surface area contributed by atoms with Gasteiger partial charge in [0.2, 0.25) is 0 Å². The number of aryl methyl sites for hydroxylation is 1. The highest BCUT2D eigenvalue weighted by Gasteiger charge is 2.25. The van der Waals surface area contributed by atoms with Gasteiger partial charge in [0.15, 0.2) is 0 Å². The van der Waals surface area contributed by atoms with E-state index in [-0.39, 0.29) is 0 Å². The van der Waals surface area contributed by atoms with Crippen molar-refractivity contribution in [2.24, 2.45) is 0 Å². The predicted molar refractivity (Wildman–Crippen MR) is 48.3 cm³/mol. The van der Waals surface area contributed by atoms with Crippen LogP contribution in [0.1, 0.15) is 30.3 Å². The Bertz CT molecular complexity index is 292. The molecule has 0 aromatic carbocycles. The molecule has 0 amide bonds. The van der Waals surface area contributed by atoms with Crippen molar-refractivity contribution in [1.82, 2.24) is 9.97 Å². The Morgan fingerprint density at radius 1 is 1.42 bits per heavy atom. The maximum Gasteiger partial charge on any atom is 0.129 e. The van der Waals surface area contributed by atoms with E-state index in [9.17, 15) is 0 Å². The van der Waals surface area contributed by atoms with Crippen LogP contribution in [-0.2, 0) is 0 Å². The van der Waals surface area contributed by atoms with Crippen molar-refractivity contribution in [3.8, 4) is 0 Å². The number of rotatable bonds is 2. The number of nitrogens with one attached hydrogen (secondary N) is 1. The fourth-order valence-corrected chi connectivity index (χ4v) is 1.31. The predicted octanol–water partition coefficient (Wildman–Crippen LogP) is 1.70. The molecule has 1 heterocycles. The summed E-state index contributed by atoms with van der Waals surface area (Å²) >= 11 is 0. The van der Waals surface area contributed by atoms with Crippen LogP contribution in [0, 0.1) is 6.92 Å². The van der Waals surface area contributed by atoms with E-state index in [1.54, 1.807) is 0 Å². The maximum atomic E-state index is 4.39. The molecule has 0 radical (unpaired) electrons. The van der Waals surface area contributed by atoms with Gasteiger partial charge in [-0.2, -0.15) is 0 Å². The molecule has 0 unspecified atom stereocenters. The second-order valence-electron chi connectivity index (χ2n) is 3.25. The van der Waals surface area contributed by atoms with E-state index in [2.05, 4.69) is 15.3 Å². The van der Waals surface area contributed by atoms with E-state index in [1.807, 2.05) is 20.0 Å². The maximum absolute atomic E-state index is 4.39. The lowest BCUT2D eigenvalue weighted by Crippen LogP contribution is -1.99. The molecule has 64 valence electrons. The highest BCUT2D eigenvalue weighted by atomic mass is 15.0. The van der Waals surface area contributed by atoms with E-state index in [0.29, 0.717) is 5.92 Å². The standard InChI is InChI=1S/C9H13N3/c1-6-11-8(7-3-4-7)5-9(10-2)12-6/h5,7H,3-4H2,1-2H3,(H,10,11,12). The Labute approximate surface area is 72.2 Å². The van der Waals surface area contributed by atoms with Crippen LogP contribution < -0.4 is 5.32 Å². The van der Waals surface area contributed by atoms with Crippen LogP contribution in [-0.4, -0.2) is 17.0 Å². The Balaban J connectivity index is 2.34. The smallest absolute Gasteiger partial charge is 0.129 e. The van der Waals surface area contributed by atoms with Gasteiger partial charge in [-0.05, 0) is 19.8 Å². The summed E-state index contributed by atoms with van der Waals surface area (Å²) in [5, 5.41) is 3.04. The topological polar surface area (TPSA) is 37.8 Å². The zero-order valence-electron chi connectivity index (χ0n) is 7.46. The van der Waals surface area contributed by atoms with E-state index in [1.165, 1.54) is 18.5 Å². The van der Waals surface area contributed by atoms with Gasteiger partial charge >= 0.3 is 0 Å². The third-order valence-electron chi connectivity index (χ3n) is 2.11. The van der Waals surface area contributed by atoms with Crippen LogP contribution in [0.4, 0.5) is 5.82 Å². The third kappa shape index (κ3) is 1.40. The van der Waals surface area contributed by atoms with Crippen molar-refractivity contribution in [2.45, 2.75) is 25.7 Å². The fraction of sp³-hybridized carbons (Fsp3) is 0.556. The largest absolute Gasteiger partial charge is 0.373 e. The average Bonchev–Trinajstić information content (AvgIpc) is 2.85. The van der Waals surface area contributed by atoms with Gasteiger partial charge in [0, 0.05) is 24.7 Å². The number of hydrogen-bond acceptors (Lipinski definition) is 3. The number of anilines is 1. The van der Waals surface area contributed by atoms with E-state index in [0.717, 1.165) is 11.6 Å². The molecule has 1 aromatic heterocycles. The third-order valence-corrected chi connectivity index (χ3v) is 2.11. The quantitative estimate of drug-likeness (QED) is 0.721. The SMILES string of the molecule is CNc1cc(C2CC2)nc(C)n1. The Kier molecular flexibility index (Phi) is 1.71. The lowest BCUT2D eigenvalue weighted by molar-refractivity contribution is 0.942. The Morgan fingerprint density at radius 3 is 2.75 bits per heavy atom. The van der Waals surface area contributed by atoms with Gasteiger partial charge in [-0.15, -0.1) is 0 Å². The van der Waals surface area contributed by atoms with Gasteiger partial charge in [0.25, 0.3) is 0 Å². The minimum Gasteiger partial charge on any atom is -0.373 e. The molecule has 3 heteroatoms. The highest BCUT2D eigenvalue weighted by Crippen LogP contribution is 2.39. The molecule has 1 fully saturated rings. The van der Waals surface area contributed by atoms with Gasteiger partial charge in [-0.3, -0.25) is 0 Å². The molecular weight excluding hydrogens is 150 g/mol. The number of hydrogen-bond donors (Lipinski definition) is 1. The first-order valence-electron chi connectivity index (χ1n) is 4.33. The molecule has 3 nitrogen and oxygen atoms in total. The highest BCUT2D eigenvalue weighted by molar-refractivity contribution is 5.37. The van der Waals surface area contributed by atoms with E-state index < -0.39 is 0 Å². The monoisotopic (exact) mass is 163 g/mol. The molecule has 0 spiro atoms. The fourth-order valence-electron chi connectivity index (χ4n) is 1.31. The van der Waals surface area contributed by atoms with E-state index >= 15 is 0 Å². The molecule has 1 aromatic rings. The average molecular weight is 163 g/mol. The molecule has 12 heavy (non-hydrogen) atoms. The van der Waals surface area contributed by atoms with Gasteiger partial charge < -0.3 is 5.32 Å². The summed E-state index contributed by atoms with van der Waals surface area (Å²) in [6.07, 6.45) is 2.58. The second kappa shape index (κ2) is 2.73. The molecule has 1 aliphatic carbocycles. The molecule has 2 rings (SSSR count). The molecule has 0 bridgehead atoms.